The molecule has 1 aromatic carbocycles. The maximum absolute atomic E-state index is 12.1. The molecular formula is C15H13N3OS. The summed E-state index contributed by atoms with van der Waals surface area (Å²) in [5.74, 6) is -0.141. The molecule has 4 nitrogen and oxygen atoms in total. The molecule has 0 aliphatic carbocycles. The zero-order valence-electron chi connectivity index (χ0n) is 10.9. The predicted octanol–water partition coefficient (Wildman–Crippen LogP) is 3.44. The monoisotopic (exact) mass is 283 g/mol. The van der Waals surface area contributed by atoms with Crippen molar-refractivity contribution < 1.29 is 4.79 Å². The van der Waals surface area contributed by atoms with Gasteiger partial charge in [0.1, 0.15) is 0 Å². The van der Waals surface area contributed by atoms with Gasteiger partial charge in [-0.15, -0.1) is 11.3 Å². The highest BCUT2D eigenvalue weighted by Crippen LogP contribution is 2.25. The minimum Gasteiger partial charge on any atom is -0.398 e. The van der Waals surface area contributed by atoms with Crippen LogP contribution in [0.4, 0.5) is 11.4 Å². The first-order chi connectivity index (χ1) is 9.63. The van der Waals surface area contributed by atoms with Gasteiger partial charge in [0.05, 0.1) is 10.4 Å². The number of hydrogen-bond acceptors (Lipinski definition) is 4. The molecule has 3 rings (SSSR count). The fraction of sp³-hybridized carbons (Fsp3) is 0.0667. The number of aromatic nitrogens is 1. The van der Waals surface area contributed by atoms with Crippen LogP contribution in [-0.2, 0) is 0 Å². The Bertz CT molecular complexity index is 775. The first-order valence-corrected chi connectivity index (χ1v) is 6.97. The highest BCUT2D eigenvalue weighted by atomic mass is 32.1. The van der Waals surface area contributed by atoms with Crippen molar-refractivity contribution in [2.45, 2.75) is 6.92 Å². The van der Waals surface area contributed by atoms with Crippen LogP contribution in [0.3, 0.4) is 0 Å². The third-order valence-corrected chi connectivity index (χ3v) is 4.11. The van der Waals surface area contributed by atoms with Crippen molar-refractivity contribution in [2.24, 2.45) is 0 Å². The van der Waals surface area contributed by atoms with Crippen LogP contribution in [0, 0.1) is 6.92 Å². The Balaban J connectivity index is 1.87. The van der Waals surface area contributed by atoms with Crippen molar-refractivity contribution >= 4 is 39.5 Å². The molecule has 5 heteroatoms. The zero-order chi connectivity index (χ0) is 14.1. The summed E-state index contributed by atoms with van der Waals surface area (Å²) in [6.07, 6.45) is 1.75. The van der Waals surface area contributed by atoms with Crippen molar-refractivity contribution in [2.75, 3.05) is 11.1 Å². The van der Waals surface area contributed by atoms with Gasteiger partial charge in [0, 0.05) is 27.8 Å². The Hall–Kier alpha value is -2.40. The Morgan fingerprint density at radius 2 is 2.15 bits per heavy atom. The molecule has 100 valence electrons. The summed E-state index contributed by atoms with van der Waals surface area (Å²) in [6.45, 7) is 1.90. The molecule has 0 saturated heterocycles. The van der Waals surface area contributed by atoms with E-state index >= 15 is 0 Å². The van der Waals surface area contributed by atoms with E-state index in [2.05, 4.69) is 10.3 Å². The molecular weight excluding hydrogens is 270 g/mol. The molecule has 0 aliphatic heterocycles. The lowest BCUT2D eigenvalue weighted by molar-refractivity contribution is 0.103. The number of nitrogens with zero attached hydrogens (tertiary/aromatic N) is 1. The number of fused-ring (bicyclic) bond motifs is 1. The first-order valence-electron chi connectivity index (χ1n) is 6.15. The van der Waals surface area contributed by atoms with Crippen molar-refractivity contribution in [3.05, 3.63) is 52.3 Å². The van der Waals surface area contributed by atoms with Gasteiger partial charge in [0.25, 0.3) is 5.91 Å². The number of carbonyl (C=O) groups excluding carboxylic acids is 1. The van der Waals surface area contributed by atoms with Gasteiger partial charge in [0.15, 0.2) is 0 Å². The number of aryl methyl sites for hydroxylation is 1. The number of amides is 1. The average Bonchev–Trinajstić information content (AvgIpc) is 2.79. The minimum atomic E-state index is -0.141. The van der Waals surface area contributed by atoms with E-state index in [9.17, 15) is 4.79 Å². The molecule has 0 spiro atoms. The van der Waals surface area contributed by atoms with E-state index in [1.165, 1.54) is 11.3 Å². The van der Waals surface area contributed by atoms with Crippen molar-refractivity contribution in [1.82, 2.24) is 4.98 Å². The van der Waals surface area contributed by atoms with Gasteiger partial charge >= 0.3 is 0 Å². The summed E-state index contributed by atoms with van der Waals surface area (Å²) < 4.78 is 0. The normalized spacial score (nSPS) is 10.7. The molecule has 0 aliphatic rings. The Morgan fingerprint density at radius 3 is 2.90 bits per heavy atom. The van der Waals surface area contributed by atoms with Crippen LogP contribution < -0.4 is 11.1 Å². The van der Waals surface area contributed by atoms with Crippen LogP contribution >= 0.6 is 11.3 Å². The van der Waals surface area contributed by atoms with E-state index in [0.717, 1.165) is 21.5 Å². The second-order valence-corrected chi connectivity index (χ2v) is 5.74. The summed E-state index contributed by atoms with van der Waals surface area (Å²) in [5.41, 5.74) is 8.08. The highest BCUT2D eigenvalue weighted by molar-refractivity contribution is 7.14. The average molecular weight is 283 g/mol. The first kappa shape index (κ1) is 12.6. The fourth-order valence-electron chi connectivity index (χ4n) is 1.95. The van der Waals surface area contributed by atoms with E-state index < -0.39 is 0 Å². The van der Waals surface area contributed by atoms with Gasteiger partial charge < -0.3 is 11.1 Å². The van der Waals surface area contributed by atoms with Gasteiger partial charge in [-0.05, 0) is 37.3 Å². The number of nitrogens with two attached hydrogens (primary N) is 1. The number of thiophene rings is 1. The summed E-state index contributed by atoms with van der Waals surface area (Å²) in [6, 6.07) is 11.2. The maximum atomic E-state index is 12.1. The van der Waals surface area contributed by atoms with E-state index in [4.69, 9.17) is 5.73 Å². The number of nitrogen functional groups attached to an aromatic ring is 1. The second kappa shape index (κ2) is 4.94. The lowest BCUT2D eigenvalue weighted by Gasteiger charge is -2.04. The highest BCUT2D eigenvalue weighted by Gasteiger charge is 2.11. The Labute approximate surface area is 120 Å². The SMILES string of the molecule is Cc1sc(C(=O)Nc2ccc3ncccc3c2)cc1N. The predicted molar refractivity (Wildman–Crippen MR) is 83.2 cm³/mol. The third-order valence-electron chi connectivity index (χ3n) is 3.04. The van der Waals surface area contributed by atoms with Gasteiger partial charge in [0.2, 0.25) is 0 Å². The molecule has 0 bridgehead atoms. The molecule has 1 amide bonds. The zero-order valence-corrected chi connectivity index (χ0v) is 11.7. The number of hydrogen-bond donors (Lipinski definition) is 2. The molecule has 0 fully saturated rings. The maximum Gasteiger partial charge on any atom is 0.265 e. The quantitative estimate of drug-likeness (QED) is 0.757. The Kier molecular flexibility index (Phi) is 3.12. The molecule has 3 N–H and O–H groups in total. The lowest BCUT2D eigenvalue weighted by atomic mass is 10.2. The fourth-order valence-corrected chi connectivity index (χ4v) is 2.79. The number of rotatable bonds is 2. The molecule has 0 unspecified atom stereocenters. The van der Waals surface area contributed by atoms with E-state index in [-0.39, 0.29) is 5.91 Å². The van der Waals surface area contributed by atoms with E-state index in [1.54, 1.807) is 12.3 Å². The lowest BCUT2D eigenvalue weighted by Crippen LogP contribution is -2.10. The van der Waals surface area contributed by atoms with Crippen molar-refractivity contribution in [3.63, 3.8) is 0 Å². The summed E-state index contributed by atoms with van der Waals surface area (Å²) in [7, 11) is 0. The Morgan fingerprint density at radius 1 is 1.30 bits per heavy atom. The second-order valence-electron chi connectivity index (χ2n) is 4.49. The summed E-state index contributed by atoms with van der Waals surface area (Å²) in [5, 5.41) is 3.87. The van der Waals surface area contributed by atoms with Crippen molar-refractivity contribution in [1.29, 1.82) is 0 Å². The molecule has 0 saturated carbocycles. The van der Waals surface area contributed by atoms with Crippen LogP contribution in [0.25, 0.3) is 10.9 Å². The molecule has 2 aromatic heterocycles. The van der Waals surface area contributed by atoms with E-state index in [1.807, 2.05) is 37.3 Å². The smallest absolute Gasteiger partial charge is 0.265 e. The van der Waals surface area contributed by atoms with Gasteiger partial charge in [-0.1, -0.05) is 6.07 Å². The van der Waals surface area contributed by atoms with Gasteiger partial charge in [-0.25, -0.2) is 0 Å². The summed E-state index contributed by atoms with van der Waals surface area (Å²) in [4.78, 5) is 18.0. The number of carbonyl (C=O) groups is 1. The molecule has 2 heterocycles. The van der Waals surface area contributed by atoms with Crippen LogP contribution in [0.15, 0.2) is 42.6 Å². The molecule has 20 heavy (non-hydrogen) atoms. The number of benzene rings is 1. The molecule has 0 atom stereocenters. The van der Waals surface area contributed by atoms with Gasteiger partial charge in [-0.3, -0.25) is 9.78 Å². The molecule has 3 aromatic rings. The van der Waals surface area contributed by atoms with Gasteiger partial charge in [-0.2, -0.15) is 0 Å². The number of anilines is 2. The van der Waals surface area contributed by atoms with Crippen LogP contribution in [0.2, 0.25) is 0 Å². The largest absolute Gasteiger partial charge is 0.398 e. The third kappa shape index (κ3) is 2.35. The minimum absolute atomic E-state index is 0.141. The van der Waals surface area contributed by atoms with Crippen molar-refractivity contribution in [3.8, 4) is 0 Å². The standard InChI is InChI=1S/C15H13N3OS/c1-9-12(16)8-14(20-9)15(19)18-11-4-5-13-10(7-11)3-2-6-17-13/h2-8H,16H2,1H3,(H,18,19). The topological polar surface area (TPSA) is 68.0 Å². The number of pyridine rings is 1. The van der Waals surface area contributed by atoms with Crippen LogP contribution in [-0.4, -0.2) is 10.9 Å². The number of nitrogens with one attached hydrogen (secondary N) is 1. The van der Waals surface area contributed by atoms with E-state index in [0.29, 0.717) is 10.6 Å². The van der Waals surface area contributed by atoms with Crippen LogP contribution in [0.1, 0.15) is 14.5 Å². The molecule has 0 radical (unpaired) electrons. The summed E-state index contributed by atoms with van der Waals surface area (Å²) >= 11 is 1.40. The van der Waals surface area contributed by atoms with Crippen LogP contribution in [0.5, 0.6) is 0 Å².